The van der Waals surface area contributed by atoms with Crippen LogP contribution in [-0.2, 0) is 0 Å². The van der Waals surface area contributed by atoms with E-state index in [0.717, 1.165) is 22.4 Å². The van der Waals surface area contributed by atoms with Gasteiger partial charge >= 0.3 is 0 Å². The van der Waals surface area contributed by atoms with Gasteiger partial charge in [0.25, 0.3) is 11.8 Å². The minimum atomic E-state index is -0.209. The van der Waals surface area contributed by atoms with Gasteiger partial charge in [0.15, 0.2) is 0 Å². The predicted molar refractivity (Wildman–Crippen MR) is 109 cm³/mol. The van der Waals surface area contributed by atoms with E-state index in [4.69, 9.17) is 0 Å². The SMILES string of the molecule is Cc1ccc(C)c(NC(=O)c2ccc(C)c(NC(=O)c3ccccc3)c2)c1. The van der Waals surface area contributed by atoms with Gasteiger partial charge in [-0.2, -0.15) is 0 Å². The summed E-state index contributed by atoms with van der Waals surface area (Å²) in [6.07, 6.45) is 0. The number of rotatable bonds is 4. The molecule has 0 aliphatic rings. The Kier molecular flexibility index (Phi) is 5.36. The number of anilines is 2. The Balaban J connectivity index is 1.81. The van der Waals surface area contributed by atoms with Gasteiger partial charge in [-0.05, 0) is 67.8 Å². The molecule has 3 rings (SSSR count). The maximum Gasteiger partial charge on any atom is 0.255 e. The summed E-state index contributed by atoms with van der Waals surface area (Å²) in [5.74, 6) is -0.412. The first-order chi connectivity index (χ1) is 12.9. The molecule has 0 aliphatic heterocycles. The minimum absolute atomic E-state index is 0.203. The lowest BCUT2D eigenvalue weighted by molar-refractivity contribution is 0.101. The molecule has 0 unspecified atom stereocenters. The van der Waals surface area contributed by atoms with Gasteiger partial charge in [0, 0.05) is 22.5 Å². The summed E-state index contributed by atoms with van der Waals surface area (Å²) in [4.78, 5) is 25.1. The molecule has 0 atom stereocenters. The van der Waals surface area contributed by atoms with Crippen molar-refractivity contribution >= 4 is 23.2 Å². The Labute approximate surface area is 159 Å². The Hall–Kier alpha value is -3.40. The smallest absolute Gasteiger partial charge is 0.255 e. The highest BCUT2D eigenvalue weighted by atomic mass is 16.2. The molecule has 0 saturated carbocycles. The van der Waals surface area contributed by atoms with Gasteiger partial charge in [0.1, 0.15) is 0 Å². The van der Waals surface area contributed by atoms with Crippen LogP contribution < -0.4 is 10.6 Å². The Morgan fingerprint density at radius 3 is 1.85 bits per heavy atom. The molecule has 3 aromatic rings. The van der Waals surface area contributed by atoms with Crippen molar-refractivity contribution in [2.75, 3.05) is 10.6 Å². The number of carbonyl (C=O) groups is 2. The summed E-state index contributed by atoms with van der Waals surface area (Å²) in [6.45, 7) is 5.83. The van der Waals surface area contributed by atoms with Crippen LogP contribution in [0.5, 0.6) is 0 Å². The summed E-state index contributed by atoms with van der Waals surface area (Å²) < 4.78 is 0. The van der Waals surface area contributed by atoms with E-state index in [2.05, 4.69) is 10.6 Å². The van der Waals surface area contributed by atoms with Gasteiger partial charge in [0.05, 0.1) is 0 Å². The van der Waals surface area contributed by atoms with E-state index >= 15 is 0 Å². The summed E-state index contributed by atoms with van der Waals surface area (Å²) in [5, 5.41) is 5.83. The summed E-state index contributed by atoms with van der Waals surface area (Å²) >= 11 is 0. The number of hydrogen-bond acceptors (Lipinski definition) is 2. The minimum Gasteiger partial charge on any atom is -0.322 e. The van der Waals surface area contributed by atoms with Crippen molar-refractivity contribution in [3.63, 3.8) is 0 Å². The van der Waals surface area contributed by atoms with E-state index in [9.17, 15) is 9.59 Å². The lowest BCUT2D eigenvalue weighted by Crippen LogP contribution is -2.16. The fraction of sp³-hybridized carbons (Fsp3) is 0.130. The first-order valence-electron chi connectivity index (χ1n) is 8.79. The van der Waals surface area contributed by atoms with E-state index in [1.54, 1.807) is 24.3 Å². The van der Waals surface area contributed by atoms with Gasteiger partial charge in [-0.15, -0.1) is 0 Å². The standard InChI is InChI=1S/C23H22N2O2/c1-15-9-10-16(2)20(13-15)24-23(27)19-12-11-17(3)21(14-19)25-22(26)18-7-5-4-6-8-18/h4-14H,1-3H3,(H,24,27)(H,25,26). The van der Waals surface area contributed by atoms with Crippen LogP contribution in [0.3, 0.4) is 0 Å². The van der Waals surface area contributed by atoms with Crippen molar-refractivity contribution in [1.82, 2.24) is 0 Å². The van der Waals surface area contributed by atoms with Gasteiger partial charge in [0.2, 0.25) is 0 Å². The van der Waals surface area contributed by atoms with E-state index < -0.39 is 0 Å². The van der Waals surface area contributed by atoms with E-state index in [1.807, 2.05) is 63.2 Å². The molecular weight excluding hydrogens is 336 g/mol. The molecule has 0 saturated heterocycles. The lowest BCUT2D eigenvalue weighted by atomic mass is 10.1. The van der Waals surface area contributed by atoms with E-state index in [0.29, 0.717) is 16.8 Å². The first-order valence-corrected chi connectivity index (χ1v) is 8.79. The van der Waals surface area contributed by atoms with Crippen LogP contribution in [0.4, 0.5) is 11.4 Å². The van der Waals surface area contributed by atoms with Crippen LogP contribution in [0.15, 0.2) is 66.7 Å². The number of benzene rings is 3. The number of hydrogen-bond donors (Lipinski definition) is 2. The van der Waals surface area contributed by atoms with Gasteiger partial charge in [-0.25, -0.2) is 0 Å². The van der Waals surface area contributed by atoms with Gasteiger partial charge < -0.3 is 10.6 Å². The van der Waals surface area contributed by atoms with Crippen molar-refractivity contribution in [2.24, 2.45) is 0 Å². The summed E-state index contributed by atoms with van der Waals surface area (Å²) in [5.41, 5.74) is 5.44. The zero-order chi connectivity index (χ0) is 19.4. The zero-order valence-corrected chi connectivity index (χ0v) is 15.7. The molecule has 0 heterocycles. The fourth-order valence-corrected chi connectivity index (χ4v) is 2.75. The molecule has 4 nitrogen and oxygen atoms in total. The fourth-order valence-electron chi connectivity index (χ4n) is 2.75. The third-order valence-corrected chi connectivity index (χ3v) is 4.43. The topological polar surface area (TPSA) is 58.2 Å². The predicted octanol–water partition coefficient (Wildman–Crippen LogP) is 5.12. The molecule has 0 aromatic heterocycles. The molecule has 0 spiro atoms. The Morgan fingerprint density at radius 2 is 1.19 bits per heavy atom. The molecule has 4 heteroatoms. The van der Waals surface area contributed by atoms with Gasteiger partial charge in [-0.1, -0.05) is 36.4 Å². The van der Waals surface area contributed by atoms with Crippen LogP contribution in [0, 0.1) is 20.8 Å². The van der Waals surface area contributed by atoms with Crippen molar-refractivity contribution < 1.29 is 9.59 Å². The number of carbonyl (C=O) groups excluding carboxylic acids is 2. The molecule has 3 aromatic carbocycles. The van der Waals surface area contributed by atoms with Crippen LogP contribution >= 0.6 is 0 Å². The summed E-state index contributed by atoms with van der Waals surface area (Å²) in [7, 11) is 0. The highest BCUT2D eigenvalue weighted by Gasteiger charge is 2.12. The number of aryl methyl sites for hydroxylation is 3. The quantitative estimate of drug-likeness (QED) is 0.680. The number of nitrogens with one attached hydrogen (secondary N) is 2. The van der Waals surface area contributed by atoms with Crippen molar-refractivity contribution in [2.45, 2.75) is 20.8 Å². The molecule has 0 aliphatic carbocycles. The van der Waals surface area contributed by atoms with Crippen LogP contribution in [0.2, 0.25) is 0 Å². The highest BCUT2D eigenvalue weighted by molar-refractivity contribution is 6.08. The normalized spacial score (nSPS) is 10.3. The molecule has 136 valence electrons. The first kappa shape index (κ1) is 18.4. The van der Waals surface area contributed by atoms with Gasteiger partial charge in [-0.3, -0.25) is 9.59 Å². The maximum absolute atomic E-state index is 12.7. The Bertz CT molecular complexity index is 995. The van der Waals surface area contributed by atoms with Crippen molar-refractivity contribution in [3.05, 3.63) is 94.5 Å². The second kappa shape index (κ2) is 7.87. The second-order valence-corrected chi connectivity index (χ2v) is 6.62. The van der Waals surface area contributed by atoms with Crippen molar-refractivity contribution in [3.8, 4) is 0 Å². The lowest BCUT2D eigenvalue weighted by Gasteiger charge is -2.12. The molecular formula is C23H22N2O2. The molecule has 2 amide bonds. The molecule has 27 heavy (non-hydrogen) atoms. The van der Waals surface area contributed by atoms with E-state index in [-0.39, 0.29) is 11.8 Å². The van der Waals surface area contributed by atoms with Crippen LogP contribution in [0.1, 0.15) is 37.4 Å². The monoisotopic (exact) mass is 358 g/mol. The summed E-state index contributed by atoms with van der Waals surface area (Å²) in [6, 6.07) is 20.2. The van der Waals surface area contributed by atoms with Crippen LogP contribution in [-0.4, -0.2) is 11.8 Å². The molecule has 0 fully saturated rings. The van der Waals surface area contributed by atoms with Crippen molar-refractivity contribution in [1.29, 1.82) is 0 Å². The molecule has 0 radical (unpaired) electrons. The largest absolute Gasteiger partial charge is 0.322 e. The maximum atomic E-state index is 12.7. The zero-order valence-electron chi connectivity index (χ0n) is 15.7. The van der Waals surface area contributed by atoms with Crippen LogP contribution in [0.25, 0.3) is 0 Å². The second-order valence-electron chi connectivity index (χ2n) is 6.62. The molecule has 2 N–H and O–H groups in total. The average Bonchev–Trinajstić information content (AvgIpc) is 2.67. The third-order valence-electron chi connectivity index (χ3n) is 4.43. The molecule has 0 bridgehead atoms. The Morgan fingerprint density at radius 1 is 0.630 bits per heavy atom. The highest BCUT2D eigenvalue weighted by Crippen LogP contribution is 2.21. The average molecular weight is 358 g/mol. The third kappa shape index (κ3) is 4.42. The van der Waals surface area contributed by atoms with E-state index in [1.165, 1.54) is 0 Å². The number of amides is 2.